The van der Waals surface area contributed by atoms with E-state index < -0.39 is 0 Å². The van der Waals surface area contributed by atoms with Gasteiger partial charge in [-0.15, -0.1) is 11.3 Å². The van der Waals surface area contributed by atoms with Crippen LogP contribution in [0.3, 0.4) is 0 Å². The summed E-state index contributed by atoms with van der Waals surface area (Å²) < 4.78 is 0. The van der Waals surface area contributed by atoms with Crippen LogP contribution in [0.2, 0.25) is 0 Å². The third-order valence-corrected chi connectivity index (χ3v) is 5.31. The first-order valence-corrected chi connectivity index (χ1v) is 8.24. The predicted molar refractivity (Wildman–Crippen MR) is 88.5 cm³/mol. The molecule has 0 bridgehead atoms. The first kappa shape index (κ1) is 12.8. The molecule has 2 heterocycles. The van der Waals surface area contributed by atoms with E-state index >= 15 is 0 Å². The monoisotopic (exact) mass is 295 g/mol. The molecule has 0 unspecified atom stereocenters. The molecule has 3 nitrogen and oxygen atoms in total. The van der Waals surface area contributed by atoms with Gasteiger partial charge in [0, 0.05) is 22.0 Å². The zero-order valence-electron chi connectivity index (χ0n) is 11.7. The number of fused-ring (bicyclic) bond motifs is 1. The molecular formula is C17H17N3S. The summed E-state index contributed by atoms with van der Waals surface area (Å²) in [5.74, 6) is 0.626. The molecule has 106 valence electrons. The number of nitrogen functional groups attached to an aromatic ring is 1. The van der Waals surface area contributed by atoms with Gasteiger partial charge in [-0.1, -0.05) is 31.0 Å². The predicted octanol–water partition coefficient (Wildman–Crippen LogP) is 4.60. The average Bonchev–Trinajstić information content (AvgIpc) is 3.15. The lowest BCUT2D eigenvalue weighted by Crippen LogP contribution is -1.93. The van der Waals surface area contributed by atoms with Gasteiger partial charge in [0.2, 0.25) is 0 Å². The third-order valence-electron chi connectivity index (χ3n) is 4.26. The molecule has 1 aliphatic rings. The first-order chi connectivity index (χ1) is 10.3. The number of nitrogens with two attached hydrogens (primary N) is 1. The molecule has 1 aliphatic carbocycles. The number of aromatic nitrogens is 2. The number of hydrogen-bond donors (Lipinski definition) is 1. The Balaban J connectivity index is 1.84. The topological polar surface area (TPSA) is 51.8 Å². The maximum absolute atomic E-state index is 5.98. The second-order valence-electron chi connectivity index (χ2n) is 5.66. The lowest BCUT2D eigenvalue weighted by molar-refractivity contribution is 0.738. The molecule has 3 aromatic rings. The van der Waals surface area contributed by atoms with Gasteiger partial charge in [-0.25, -0.2) is 4.98 Å². The molecule has 0 spiro atoms. The van der Waals surface area contributed by atoms with Gasteiger partial charge in [0.1, 0.15) is 0 Å². The summed E-state index contributed by atoms with van der Waals surface area (Å²) in [6.45, 7) is 0. The molecule has 0 radical (unpaired) electrons. The Kier molecular flexibility index (Phi) is 3.11. The largest absolute Gasteiger partial charge is 0.375 e. The van der Waals surface area contributed by atoms with Gasteiger partial charge >= 0.3 is 0 Å². The van der Waals surface area contributed by atoms with Crippen LogP contribution in [-0.2, 0) is 0 Å². The average molecular weight is 295 g/mol. The lowest BCUT2D eigenvalue weighted by Gasteiger charge is -2.09. The summed E-state index contributed by atoms with van der Waals surface area (Å²) in [6, 6.07) is 10.4. The fourth-order valence-corrected chi connectivity index (χ4v) is 4.25. The second-order valence-corrected chi connectivity index (χ2v) is 6.73. The molecule has 0 aliphatic heterocycles. The van der Waals surface area contributed by atoms with Crippen LogP contribution in [0.25, 0.3) is 22.2 Å². The molecule has 2 N–H and O–H groups in total. The standard InChI is InChI=1S/C17H17N3S/c18-17-20-15(16(21-17)11-5-1-2-6-11)13-9-12-7-3-4-8-14(12)19-10-13/h3-4,7-11H,1-2,5-6H2,(H2,18,20). The highest BCUT2D eigenvalue weighted by atomic mass is 32.1. The van der Waals surface area contributed by atoms with Gasteiger partial charge in [-0.2, -0.15) is 0 Å². The van der Waals surface area contributed by atoms with Gasteiger partial charge in [-0.05, 0) is 30.9 Å². The summed E-state index contributed by atoms with van der Waals surface area (Å²) in [6.07, 6.45) is 7.08. The molecule has 2 aromatic heterocycles. The van der Waals surface area contributed by atoms with Crippen molar-refractivity contribution in [2.45, 2.75) is 31.6 Å². The number of anilines is 1. The minimum atomic E-state index is 0.626. The summed E-state index contributed by atoms with van der Waals surface area (Å²) in [7, 11) is 0. The first-order valence-electron chi connectivity index (χ1n) is 7.42. The normalized spacial score (nSPS) is 15.8. The van der Waals surface area contributed by atoms with Crippen molar-refractivity contribution >= 4 is 27.4 Å². The zero-order valence-corrected chi connectivity index (χ0v) is 12.6. The fourth-order valence-electron chi connectivity index (χ4n) is 3.22. The van der Waals surface area contributed by atoms with E-state index in [0.717, 1.165) is 22.2 Å². The van der Waals surface area contributed by atoms with Crippen LogP contribution >= 0.6 is 11.3 Å². The van der Waals surface area contributed by atoms with E-state index in [9.17, 15) is 0 Å². The zero-order chi connectivity index (χ0) is 14.2. The molecule has 1 fully saturated rings. The molecule has 1 saturated carbocycles. The minimum absolute atomic E-state index is 0.626. The van der Waals surface area contributed by atoms with Crippen LogP contribution in [0.4, 0.5) is 5.13 Å². The van der Waals surface area contributed by atoms with Crippen LogP contribution in [0.1, 0.15) is 36.5 Å². The van der Waals surface area contributed by atoms with Crippen molar-refractivity contribution in [3.63, 3.8) is 0 Å². The van der Waals surface area contributed by atoms with E-state index in [0.29, 0.717) is 11.0 Å². The van der Waals surface area contributed by atoms with Crippen molar-refractivity contribution in [1.29, 1.82) is 0 Å². The van der Waals surface area contributed by atoms with Crippen molar-refractivity contribution < 1.29 is 0 Å². The van der Waals surface area contributed by atoms with Crippen LogP contribution in [0, 0.1) is 0 Å². The van der Waals surface area contributed by atoms with Crippen molar-refractivity contribution in [2.75, 3.05) is 5.73 Å². The molecule has 21 heavy (non-hydrogen) atoms. The second kappa shape index (κ2) is 5.11. The third kappa shape index (κ3) is 2.29. The Morgan fingerprint density at radius 1 is 1.14 bits per heavy atom. The van der Waals surface area contributed by atoms with Crippen LogP contribution in [0.15, 0.2) is 36.5 Å². The quantitative estimate of drug-likeness (QED) is 0.751. The molecular weight excluding hydrogens is 278 g/mol. The van der Waals surface area contributed by atoms with Crippen LogP contribution < -0.4 is 5.73 Å². The van der Waals surface area contributed by atoms with E-state index in [1.807, 2.05) is 24.4 Å². The minimum Gasteiger partial charge on any atom is -0.375 e. The van der Waals surface area contributed by atoms with Gasteiger partial charge in [-0.3, -0.25) is 4.98 Å². The number of pyridine rings is 1. The number of rotatable bonds is 2. The highest BCUT2D eigenvalue weighted by molar-refractivity contribution is 7.15. The molecule has 0 saturated heterocycles. The maximum Gasteiger partial charge on any atom is 0.180 e. The Morgan fingerprint density at radius 3 is 2.81 bits per heavy atom. The van der Waals surface area contributed by atoms with Crippen molar-refractivity contribution in [3.8, 4) is 11.3 Å². The van der Waals surface area contributed by atoms with Gasteiger partial charge in [0.25, 0.3) is 0 Å². The number of benzene rings is 1. The van der Waals surface area contributed by atoms with E-state index in [1.54, 1.807) is 11.3 Å². The molecule has 4 heteroatoms. The number of para-hydroxylation sites is 1. The fraction of sp³-hybridized carbons (Fsp3) is 0.294. The number of thiazole rings is 1. The summed E-state index contributed by atoms with van der Waals surface area (Å²) >= 11 is 1.65. The van der Waals surface area contributed by atoms with E-state index in [2.05, 4.69) is 22.1 Å². The molecule has 1 aromatic carbocycles. The van der Waals surface area contributed by atoms with Crippen LogP contribution in [0.5, 0.6) is 0 Å². The van der Waals surface area contributed by atoms with Crippen molar-refractivity contribution in [3.05, 3.63) is 41.4 Å². The molecule has 0 atom stereocenters. The Hall–Kier alpha value is -1.94. The Bertz CT molecular complexity index is 788. The van der Waals surface area contributed by atoms with Crippen molar-refractivity contribution in [1.82, 2.24) is 9.97 Å². The van der Waals surface area contributed by atoms with Gasteiger partial charge < -0.3 is 5.73 Å². The Morgan fingerprint density at radius 2 is 1.95 bits per heavy atom. The Labute approximate surface area is 127 Å². The highest BCUT2D eigenvalue weighted by Crippen LogP contribution is 2.43. The van der Waals surface area contributed by atoms with Crippen LogP contribution in [-0.4, -0.2) is 9.97 Å². The van der Waals surface area contributed by atoms with Gasteiger partial charge in [0.05, 0.1) is 11.2 Å². The summed E-state index contributed by atoms with van der Waals surface area (Å²) in [5, 5.41) is 1.82. The van der Waals surface area contributed by atoms with Gasteiger partial charge in [0.15, 0.2) is 5.13 Å². The summed E-state index contributed by atoms with van der Waals surface area (Å²) in [4.78, 5) is 10.5. The maximum atomic E-state index is 5.98. The number of hydrogen-bond acceptors (Lipinski definition) is 4. The molecule has 0 amide bonds. The SMILES string of the molecule is Nc1nc(-c2cnc3ccccc3c2)c(C2CCCC2)s1. The lowest BCUT2D eigenvalue weighted by atomic mass is 10.0. The van der Waals surface area contributed by atoms with Crippen molar-refractivity contribution in [2.24, 2.45) is 0 Å². The van der Waals surface area contributed by atoms with E-state index in [4.69, 9.17) is 5.73 Å². The van der Waals surface area contributed by atoms with E-state index in [-0.39, 0.29) is 0 Å². The summed E-state index contributed by atoms with van der Waals surface area (Å²) in [5.41, 5.74) is 9.14. The highest BCUT2D eigenvalue weighted by Gasteiger charge is 2.24. The number of nitrogens with zero attached hydrogens (tertiary/aromatic N) is 2. The molecule has 4 rings (SSSR count). The smallest absolute Gasteiger partial charge is 0.180 e. The van der Waals surface area contributed by atoms with E-state index in [1.165, 1.54) is 30.6 Å².